The van der Waals surface area contributed by atoms with Crippen molar-refractivity contribution in [1.82, 2.24) is 20.1 Å². The summed E-state index contributed by atoms with van der Waals surface area (Å²) in [5.41, 5.74) is 0.913. The second-order valence-electron chi connectivity index (χ2n) is 5.68. The molecule has 0 saturated carbocycles. The Morgan fingerprint density at radius 3 is 2.85 bits per heavy atom. The average Bonchev–Trinajstić information content (AvgIpc) is 2.43. The molecule has 1 fully saturated rings. The van der Waals surface area contributed by atoms with Gasteiger partial charge in [0.1, 0.15) is 5.82 Å². The van der Waals surface area contributed by atoms with E-state index in [1.54, 1.807) is 6.07 Å². The van der Waals surface area contributed by atoms with E-state index in [4.69, 9.17) is 0 Å². The third kappa shape index (κ3) is 3.98. The van der Waals surface area contributed by atoms with Crippen LogP contribution in [0.1, 0.15) is 25.1 Å². The van der Waals surface area contributed by atoms with E-state index in [0.29, 0.717) is 6.04 Å². The van der Waals surface area contributed by atoms with Gasteiger partial charge in [0.25, 0.3) is 0 Å². The SMILES string of the molecule is CNC(CCN1CCN(C)CC1C)c1ccc(F)cn1. The summed E-state index contributed by atoms with van der Waals surface area (Å²) in [6, 6.07) is 4.02. The first-order valence-electron chi connectivity index (χ1n) is 7.31. The Kier molecular flexibility index (Phi) is 5.46. The number of rotatable bonds is 5. The minimum absolute atomic E-state index is 0.183. The van der Waals surface area contributed by atoms with E-state index in [1.807, 2.05) is 7.05 Å². The van der Waals surface area contributed by atoms with Crippen molar-refractivity contribution in [3.05, 3.63) is 29.8 Å². The van der Waals surface area contributed by atoms with Gasteiger partial charge < -0.3 is 10.2 Å². The van der Waals surface area contributed by atoms with Crippen LogP contribution in [0.3, 0.4) is 0 Å². The molecule has 0 bridgehead atoms. The van der Waals surface area contributed by atoms with Crippen LogP contribution in [0.25, 0.3) is 0 Å². The number of hydrogen-bond donors (Lipinski definition) is 1. The molecule has 0 radical (unpaired) electrons. The molecule has 112 valence electrons. The number of hydrogen-bond acceptors (Lipinski definition) is 4. The fourth-order valence-electron chi connectivity index (χ4n) is 2.84. The van der Waals surface area contributed by atoms with Gasteiger partial charge >= 0.3 is 0 Å². The summed E-state index contributed by atoms with van der Waals surface area (Å²) in [7, 11) is 4.11. The first kappa shape index (κ1) is 15.4. The number of nitrogens with one attached hydrogen (secondary N) is 1. The van der Waals surface area contributed by atoms with E-state index < -0.39 is 0 Å². The molecular formula is C15H25FN4. The smallest absolute Gasteiger partial charge is 0.141 e. The standard InChI is InChI=1S/C15H25FN4/c1-12-11-19(3)8-9-20(12)7-6-14(17-2)15-5-4-13(16)10-18-15/h4-5,10,12,14,17H,6-9,11H2,1-3H3. The number of piperazine rings is 1. The lowest BCUT2D eigenvalue weighted by Gasteiger charge is -2.38. The third-order valence-electron chi connectivity index (χ3n) is 4.13. The molecule has 0 aliphatic carbocycles. The molecule has 2 heterocycles. The van der Waals surface area contributed by atoms with E-state index >= 15 is 0 Å². The van der Waals surface area contributed by atoms with E-state index in [0.717, 1.165) is 38.3 Å². The Morgan fingerprint density at radius 2 is 2.25 bits per heavy atom. The highest BCUT2D eigenvalue weighted by Crippen LogP contribution is 2.17. The summed E-state index contributed by atoms with van der Waals surface area (Å²) in [6.45, 7) is 6.69. The van der Waals surface area contributed by atoms with Gasteiger partial charge in [-0.15, -0.1) is 0 Å². The van der Waals surface area contributed by atoms with Gasteiger partial charge in [0.15, 0.2) is 0 Å². The normalized spacial score (nSPS) is 22.9. The average molecular weight is 280 g/mol. The van der Waals surface area contributed by atoms with E-state index in [2.05, 4.69) is 34.1 Å². The van der Waals surface area contributed by atoms with E-state index in [9.17, 15) is 4.39 Å². The largest absolute Gasteiger partial charge is 0.312 e. The maximum Gasteiger partial charge on any atom is 0.141 e. The van der Waals surface area contributed by atoms with Crippen molar-refractivity contribution in [1.29, 1.82) is 0 Å². The molecule has 5 heteroatoms. The molecule has 4 nitrogen and oxygen atoms in total. The molecule has 1 saturated heterocycles. The molecule has 2 rings (SSSR count). The van der Waals surface area contributed by atoms with Gasteiger partial charge in [-0.1, -0.05) is 0 Å². The summed E-state index contributed by atoms with van der Waals surface area (Å²) < 4.78 is 12.9. The van der Waals surface area contributed by atoms with Crippen LogP contribution in [0.2, 0.25) is 0 Å². The van der Waals surface area contributed by atoms with Gasteiger partial charge in [-0.05, 0) is 39.6 Å². The second kappa shape index (κ2) is 7.11. The van der Waals surface area contributed by atoms with Crippen LogP contribution in [0.5, 0.6) is 0 Å². The van der Waals surface area contributed by atoms with E-state index in [-0.39, 0.29) is 11.9 Å². The summed E-state index contributed by atoms with van der Waals surface area (Å²) in [5.74, 6) is -0.281. The lowest BCUT2D eigenvalue weighted by Crippen LogP contribution is -2.50. The molecule has 2 unspecified atom stereocenters. The fraction of sp³-hybridized carbons (Fsp3) is 0.667. The maximum atomic E-state index is 12.9. The summed E-state index contributed by atoms with van der Waals surface area (Å²) in [5, 5.41) is 3.28. The third-order valence-corrected chi connectivity index (χ3v) is 4.13. The van der Waals surface area contributed by atoms with Crippen molar-refractivity contribution < 1.29 is 4.39 Å². The van der Waals surface area contributed by atoms with Crippen LogP contribution in [0, 0.1) is 5.82 Å². The first-order valence-corrected chi connectivity index (χ1v) is 7.31. The van der Waals surface area contributed by atoms with Crippen LogP contribution < -0.4 is 5.32 Å². The Balaban J connectivity index is 1.89. The number of halogens is 1. The lowest BCUT2D eigenvalue weighted by molar-refractivity contribution is 0.0962. The zero-order chi connectivity index (χ0) is 14.5. The molecule has 2 atom stereocenters. The highest BCUT2D eigenvalue weighted by Gasteiger charge is 2.22. The Labute approximate surface area is 121 Å². The highest BCUT2D eigenvalue weighted by molar-refractivity contribution is 5.09. The van der Waals surface area contributed by atoms with Crippen molar-refractivity contribution in [3.63, 3.8) is 0 Å². The molecule has 1 aliphatic rings. The summed E-state index contributed by atoms with van der Waals surface area (Å²) >= 11 is 0. The molecule has 1 aliphatic heterocycles. The fourth-order valence-corrected chi connectivity index (χ4v) is 2.84. The van der Waals surface area contributed by atoms with Crippen LogP contribution in [-0.2, 0) is 0 Å². The minimum Gasteiger partial charge on any atom is -0.312 e. The zero-order valence-corrected chi connectivity index (χ0v) is 12.6. The summed E-state index contributed by atoms with van der Waals surface area (Å²) in [4.78, 5) is 9.07. The van der Waals surface area contributed by atoms with Gasteiger partial charge in [0.05, 0.1) is 17.9 Å². The van der Waals surface area contributed by atoms with Gasteiger partial charge in [0.2, 0.25) is 0 Å². The Hall–Kier alpha value is -1.04. The van der Waals surface area contributed by atoms with E-state index in [1.165, 1.54) is 12.3 Å². The first-order chi connectivity index (χ1) is 9.60. The predicted molar refractivity (Wildman–Crippen MR) is 79.1 cm³/mol. The lowest BCUT2D eigenvalue weighted by atomic mass is 10.1. The van der Waals surface area contributed by atoms with Crippen LogP contribution in [0.15, 0.2) is 18.3 Å². The van der Waals surface area contributed by atoms with Gasteiger partial charge in [-0.25, -0.2) is 4.39 Å². The molecule has 20 heavy (non-hydrogen) atoms. The number of aromatic nitrogens is 1. The Morgan fingerprint density at radius 1 is 1.45 bits per heavy atom. The Bertz CT molecular complexity index is 409. The van der Waals surface area contributed by atoms with Crippen molar-refractivity contribution in [3.8, 4) is 0 Å². The predicted octanol–water partition coefficient (Wildman–Crippen LogP) is 1.51. The van der Waals surface area contributed by atoms with Crippen molar-refractivity contribution >= 4 is 0 Å². The quantitative estimate of drug-likeness (QED) is 0.886. The van der Waals surface area contributed by atoms with Crippen LogP contribution in [0.4, 0.5) is 4.39 Å². The number of pyridine rings is 1. The van der Waals surface area contributed by atoms with Crippen molar-refractivity contribution in [2.24, 2.45) is 0 Å². The van der Waals surface area contributed by atoms with Crippen molar-refractivity contribution in [2.45, 2.75) is 25.4 Å². The van der Waals surface area contributed by atoms with Crippen LogP contribution >= 0.6 is 0 Å². The number of nitrogens with zero attached hydrogens (tertiary/aromatic N) is 3. The molecular weight excluding hydrogens is 255 g/mol. The maximum absolute atomic E-state index is 12.9. The molecule has 0 aromatic carbocycles. The highest BCUT2D eigenvalue weighted by atomic mass is 19.1. The molecule has 0 spiro atoms. The van der Waals surface area contributed by atoms with Gasteiger partial charge in [-0.2, -0.15) is 0 Å². The van der Waals surface area contributed by atoms with Gasteiger partial charge in [0, 0.05) is 32.2 Å². The molecule has 1 aromatic heterocycles. The van der Waals surface area contributed by atoms with Crippen molar-refractivity contribution in [2.75, 3.05) is 40.3 Å². The number of likely N-dealkylation sites (N-methyl/N-ethyl adjacent to an activating group) is 1. The summed E-state index contributed by atoms with van der Waals surface area (Å²) in [6.07, 6.45) is 2.28. The molecule has 1 aromatic rings. The topological polar surface area (TPSA) is 31.4 Å². The monoisotopic (exact) mass is 280 g/mol. The van der Waals surface area contributed by atoms with Crippen LogP contribution in [-0.4, -0.2) is 61.1 Å². The minimum atomic E-state index is -0.281. The van der Waals surface area contributed by atoms with Gasteiger partial charge in [-0.3, -0.25) is 9.88 Å². The molecule has 1 N–H and O–H groups in total. The molecule has 0 amide bonds. The zero-order valence-electron chi connectivity index (χ0n) is 12.6. The second-order valence-corrected chi connectivity index (χ2v) is 5.68.